The quantitative estimate of drug-likeness (QED) is 0.0371. The van der Waals surface area contributed by atoms with Crippen LogP contribution in [0.1, 0.15) is 86.1 Å². The third-order valence-electron chi connectivity index (χ3n) is 8.33. The van der Waals surface area contributed by atoms with Gasteiger partial charge in [0, 0.05) is 39.0 Å². The van der Waals surface area contributed by atoms with E-state index >= 15 is 0 Å². The highest BCUT2D eigenvalue weighted by Gasteiger charge is 2.20. The monoisotopic (exact) mass is 706 g/mol. The topological polar surface area (TPSA) is 44.8 Å². The minimum atomic E-state index is -0.252. The van der Waals surface area contributed by atoms with Crippen LogP contribution in [-0.2, 0) is 45.2 Å². The van der Waals surface area contributed by atoms with Crippen LogP contribution < -0.4 is 0 Å². The summed E-state index contributed by atoms with van der Waals surface area (Å²) in [4.78, 5) is 33.5. The van der Waals surface area contributed by atoms with Crippen molar-refractivity contribution in [2.24, 2.45) is 0 Å². The van der Waals surface area contributed by atoms with Gasteiger partial charge in [-0.25, -0.2) is 9.78 Å². The van der Waals surface area contributed by atoms with Gasteiger partial charge in [0.25, 0.3) is 0 Å². The number of ether oxygens (including phenoxy) is 1. The van der Waals surface area contributed by atoms with Gasteiger partial charge in [-0.3, -0.25) is 4.79 Å². The molecule has 1 aromatic carbocycles. The number of unbranched alkanes of at least 4 members (excludes halogenated alkanes) is 6. The lowest BCUT2D eigenvalue weighted by Crippen LogP contribution is -2.07. The Balaban J connectivity index is 1.44. The largest absolute Gasteiger partial charge is 0.469 e. The molecule has 5 aromatic rings. The maximum Gasteiger partial charge on any atom is 0.310 e. The van der Waals surface area contributed by atoms with E-state index < -0.39 is 0 Å². The van der Waals surface area contributed by atoms with Crippen LogP contribution in [0.4, 0.5) is 0 Å². The first-order chi connectivity index (χ1) is 23.0. The van der Waals surface area contributed by atoms with Crippen molar-refractivity contribution in [3.63, 3.8) is 0 Å². The van der Waals surface area contributed by atoms with E-state index in [-0.39, 0.29) is 12.4 Å². The van der Waals surface area contributed by atoms with Gasteiger partial charge in [-0.2, -0.15) is 0 Å². The SMILES string of the molecule is CCCCCCc1ccc(-c2ccc(-c3cc(CC(=O)OC)c(-c4ccc(-c5ccc(CCCCCC)s5)s4)cc3COOC)s2)s1. The molecule has 0 spiro atoms. The molecule has 0 bridgehead atoms. The molecule has 47 heavy (non-hydrogen) atoms. The van der Waals surface area contributed by atoms with Crippen LogP contribution >= 0.6 is 45.3 Å². The Hall–Kier alpha value is -2.59. The Labute approximate surface area is 296 Å². The average Bonchev–Trinajstić information content (AvgIpc) is 3.91. The first-order valence-corrected chi connectivity index (χ1v) is 20.1. The molecule has 0 radical (unpaired) electrons. The fourth-order valence-corrected chi connectivity index (χ4v) is 10.1. The summed E-state index contributed by atoms with van der Waals surface area (Å²) in [5.41, 5.74) is 4.06. The van der Waals surface area contributed by atoms with Crippen molar-refractivity contribution >= 4 is 51.3 Å². The van der Waals surface area contributed by atoms with Crippen molar-refractivity contribution in [1.29, 1.82) is 0 Å². The molecule has 0 fully saturated rings. The number of carbonyl (C=O) groups excluding carboxylic acids is 1. The first-order valence-electron chi connectivity index (χ1n) is 16.8. The molecule has 0 aliphatic heterocycles. The second-order valence-electron chi connectivity index (χ2n) is 11.8. The number of benzene rings is 1. The zero-order valence-corrected chi connectivity index (χ0v) is 31.3. The standard InChI is InChI=1S/C39H46O4S4/c1-5-7-9-11-13-29-15-17-35(44-29)37-21-19-33(46-37)31-24-28(26-43-42-4)32(23-27(31)25-39(40)41-3)34-20-22-38(47-34)36-18-16-30(45-36)14-12-10-8-6-2/h15-24H,5-14,25-26H2,1-4H3. The van der Waals surface area contributed by atoms with Crippen LogP contribution in [0.15, 0.2) is 60.7 Å². The molecule has 0 amide bonds. The van der Waals surface area contributed by atoms with Crippen molar-refractivity contribution in [2.75, 3.05) is 14.2 Å². The Kier molecular flexibility index (Phi) is 13.9. The summed E-state index contributed by atoms with van der Waals surface area (Å²) >= 11 is 7.34. The van der Waals surface area contributed by atoms with Crippen LogP contribution in [0.5, 0.6) is 0 Å². The van der Waals surface area contributed by atoms with E-state index in [9.17, 15) is 4.79 Å². The minimum Gasteiger partial charge on any atom is -0.469 e. The Morgan fingerprint density at radius 3 is 1.55 bits per heavy atom. The molecule has 250 valence electrons. The summed E-state index contributed by atoms with van der Waals surface area (Å²) in [5.74, 6) is -0.252. The molecule has 4 aromatic heterocycles. The number of hydrogen-bond acceptors (Lipinski definition) is 8. The molecule has 0 aliphatic carbocycles. The molecule has 0 aliphatic rings. The minimum absolute atomic E-state index is 0.197. The maximum atomic E-state index is 12.7. The van der Waals surface area contributed by atoms with E-state index in [1.165, 1.54) is 94.8 Å². The molecule has 0 N–H and O–H groups in total. The van der Waals surface area contributed by atoms with Gasteiger partial charge >= 0.3 is 5.97 Å². The smallest absolute Gasteiger partial charge is 0.310 e. The summed E-state index contributed by atoms with van der Waals surface area (Å²) < 4.78 is 5.14. The van der Waals surface area contributed by atoms with Crippen molar-refractivity contribution in [1.82, 2.24) is 0 Å². The van der Waals surface area contributed by atoms with E-state index in [2.05, 4.69) is 74.5 Å². The number of carbonyl (C=O) groups is 1. The molecule has 0 atom stereocenters. The fourth-order valence-electron chi connectivity index (χ4n) is 5.74. The van der Waals surface area contributed by atoms with Crippen LogP contribution in [0.25, 0.3) is 40.4 Å². The third-order valence-corrected chi connectivity index (χ3v) is 13.2. The van der Waals surface area contributed by atoms with Gasteiger partial charge in [0.05, 0.1) is 20.6 Å². The van der Waals surface area contributed by atoms with E-state index in [1.54, 1.807) is 22.7 Å². The molecular weight excluding hydrogens is 661 g/mol. The van der Waals surface area contributed by atoms with Gasteiger partial charge in [0.1, 0.15) is 6.61 Å². The number of thiophene rings is 4. The summed E-state index contributed by atoms with van der Waals surface area (Å²) in [6.45, 7) is 4.81. The van der Waals surface area contributed by atoms with Gasteiger partial charge in [-0.1, -0.05) is 52.4 Å². The second-order valence-corrected chi connectivity index (χ2v) is 16.3. The maximum absolute atomic E-state index is 12.7. The Morgan fingerprint density at radius 2 is 1.04 bits per heavy atom. The van der Waals surface area contributed by atoms with Gasteiger partial charge in [0.2, 0.25) is 0 Å². The molecule has 0 saturated carbocycles. The number of methoxy groups -OCH3 is 1. The Morgan fingerprint density at radius 1 is 0.574 bits per heavy atom. The summed E-state index contributed by atoms with van der Waals surface area (Å²) in [5, 5.41) is 0. The second kappa shape index (κ2) is 18.2. The lowest BCUT2D eigenvalue weighted by atomic mass is 9.95. The fraction of sp³-hybridized carbons (Fsp3) is 0.410. The number of esters is 1. The third kappa shape index (κ3) is 9.74. The van der Waals surface area contributed by atoms with E-state index in [0.717, 1.165) is 44.8 Å². The van der Waals surface area contributed by atoms with Gasteiger partial charge in [-0.05, 0) is 109 Å². The highest BCUT2D eigenvalue weighted by Crippen LogP contribution is 2.44. The molecule has 4 nitrogen and oxygen atoms in total. The summed E-state index contributed by atoms with van der Waals surface area (Å²) in [6, 6.07) is 22.2. The zero-order valence-electron chi connectivity index (χ0n) is 28.0. The van der Waals surface area contributed by atoms with E-state index in [4.69, 9.17) is 14.5 Å². The summed E-state index contributed by atoms with van der Waals surface area (Å²) in [7, 11) is 2.99. The van der Waals surface area contributed by atoms with E-state index in [0.29, 0.717) is 6.61 Å². The van der Waals surface area contributed by atoms with Crippen molar-refractivity contribution in [2.45, 2.75) is 91.1 Å². The van der Waals surface area contributed by atoms with Gasteiger partial charge in [0.15, 0.2) is 0 Å². The molecule has 5 rings (SSSR count). The van der Waals surface area contributed by atoms with Crippen LogP contribution in [0, 0.1) is 0 Å². The number of hydrogen-bond donors (Lipinski definition) is 0. The summed E-state index contributed by atoms with van der Waals surface area (Å²) in [6.07, 6.45) is 12.7. The van der Waals surface area contributed by atoms with Crippen molar-refractivity contribution in [3.05, 3.63) is 81.5 Å². The number of aryl methyl sites for hydroxylation is 2. The zero-order chi connectivity index (χ0) is 33.0. The lowest BCUT2D eigenvalue weighted by Gasteiger charge is -2.15. The van der Waals surface area contributed by atoms with Crippen molar-refractivity contribution < 1.29 is 19.3 Å². The van der Waals surface area contributed by atoms with Crippen LogP contribution in [-0.4, -0.2) is 20.2 Å². The Bertz CT molecular complexity index is 1700. The highest BCUT2D eigenvalue weighted by molar-refractivity contribution is 7.24. The lowest BCUT2D eigenvalue weighted by molar-refractivity contribution is -0.282. The van der Waals surface area contributed by atoms with Crippen molar-refractivity contribution in [3.8, 4) is 40.4 Å². The van der Waals surface area contributed by atoms with Gasteiger partial charge in [-0.15, -0.1) is 45.3 Å². The van der Waals surface area contributed by atoms with Gasteiger partial charge < -0.3 is 4.74 Å². The van der Waals surface area contributed by atoms with Crippen LogP contribution in [0.3, 0.4) is 0 Å². The average molecular weight is 707 g/mol. The number of rotatable bonds is 19. The normalized spacial score (nSPS) is 11.4. The van der Waals surface area contributed by atoms with E-state index in [1.807, 2.05) is 22.7 Å². The molecule has 4 heterocycles. The predicted octanol–water partition coefficient (Wildman–Crippen LogP) is 12.6. The highest BCUT2D eigenvalue weighted by atomic mass is 32.1. The predicted molar refractivity (Wildman–Crippen MR) is 203 cm³/mol. The molecule has 0 unspecified atom stereocenters. The molecule has 8 heteroatoms. The van der Waals surface area contributed by atoms with Crippen LogP contribution in [0.2, 0.25) is 0 Å². The first kappa shape index (κ1) is 35.7. The molecular formula is C39H46O4S4. The molecule has 0 saturated heterocycles.